The highest BCUT2D eigenvalue weighted by atomic mass is 32.2. The minimum absolute atomic E-state index is 0.0689. The minimum atomic E-state index is -3.99. The molecule has 2 aliphatic heterocycles. The van der Waals surface area contributed by atoms with Crippen LogP contribution in [0.3, 0.4) is 0 Å². The van der Waals surface area contributed by atoms with Crippen molar-refractivity contribution in [3.8, 4) is 5.75 Å². The van der Waals surface area contributed by atoms with E-state index < -0.39 is 44.0 Å². The highest BCUT2D eigenvalue weighted by molar-refractivity contribution is 7.86. The normalized spacial score (nSPS) is 23.9. The Bertz CT molecular complexity index is 1260. The van der Waals surface area contributed by atoms with Crippen molar-refractivity contribution in [1.29, 1.82) is 0 Å². The largest absolute Gasteiger partial charge is 0.501 e. The smallest absolute Gasteiger partial charge is 0.361 e. The predicted octanol–water partition coefficient (Wildman–Crippen LogP) is 1.83. The first-order valence-corrected chi connectivity index (χ1v) is 12.6. The first-order chi connectivity index (χ1) is 16.1. The molecule has 3 aliphatic rings. The van der Waals surface area contributed by atoms with Crippen molar-refractivity contribution in [1.82, 2.24) is 14.9 Å². The summed E-state index contributed by atoms with van der Waals surface area (Å²) in [4.78, 5) is 29.9. The lowest BCUT2D eigenvalue weighted by Gasteiger charge is -2.41. The molecule has 10 nitrogen and oxygen atoms in total. The van der Waals surface area contributed by atoms with Gasteiger partial charge < -0.3 is 15.2 Å². The van der Waals surface area contributed by atoms with Crippen LogP contribution in [-0.2, 0) is 31.1 Å². The number of benzene rings is 1. The number of ether oxygens (including phenoxy) is 1. The van der Waals surface area contributed by atoms with Gasteiger partial charge in [0.1, 0.15) is 5.82 Å². The molecule has 1 aliphatic carbocycles. The van der Waals surface area contributed by atoms with E-state index in [1.165, 1.54) is 16.7 Å². The number of aromatic hydroxyl groups is 1. The van der Waals surface area contributed by atoms with Crippen LogP contribution in [0.2, 0.25) is 0 Å². The number of carbonyl (C=O) groups excluding carboxylic acids is 1. The zero-order chi connectivity index (χ0) is 24.7. The highest BCUT2D eigenvalue weighted by Gasteiger charge is 2.50. The maximum Gasteiger partial charge on any atom is 0.361 e. The van der Waals surface area contributed by atoms with E-state index in [0.29, 0.717) is 31.5 Å². The molecule has 1 aromatic heterocycles. The summed E-state index contributed by atoms with van der Waals surface area (Å²) in [5, 5.41) is 13.7. The number of carbonyl (C=O) groups is 1. The van der Waals surface area contributed by atoms with Crippen molar-refractivity contribution in [3.05, 3.63) is 51.7 Å². The monoisotopic (exact) mass is 491 g/mol. The summed E-state index contributed by atoms with van der Waals surface area (Å²) >= 11 is 0. The van der Waals surface area contributed by atoms with E-state index in [4.69, 9.17) is 8.92 Å². The van der Waals surface area contributed by atoms with Crippen LogP contribution in [0.1, 0.15) is 54.5 Å². The van der Waals surface area contributed by atoms with Crippen molar-refractivity contribution < 1.29 is 27.2 Å². The fraction of sp³-hybridized carbons (Fsp3) is 0.522. The molecule has 1 saturated carbocycles. The van der Waals surface area contributed by atoms with Gasteiger partial charge >= 0.3 is 5.97 Å². The third-order valence-electron chi connectivity index (χ3n) is 7.01. The summed E-state index contributed by atoms with van der Waals surface area (Å²) in [6, 6.07) is 6.41. The summed E-state index contributed by atoms with van der Waals surface area (Å²) in [5.74, 6) is -1.31. The molecule has 1 aromatic carbocycles. The summed E-state index contributed by atoms with van der Waals surface area (Å²) in [6.45, 7) is 3.55. The van der Waals surface area contributed by atoms with Gasteiger partial charge in [-0.1, -0.05) is 17.7 Å². The van der Waals surface area contributed by atoms with Crippen molar-refractivity contribution in [3.63, 3.8) is 0 Å². The molecule has 0 atom stereocenters. The number of rotatable bonds is 7. The van der Waals surface area contributed by atoms with Crippen LogP contribution in [-0.4, -0.2) is 49.3 Å². The van der Waals surface area contributed by atoms with E-state index in [0.717, 1.165) is 5.56 Å². The van der Waals surface area contributed by atoms with E-state index in [1.54, 1.807) is 26.1 Å². The lowest BCUT2D eigenvalue weighted by atomic mass is 9.69. The number of nitrogens with zero attached hydrogens (tertiary/aromatic N) is 2. The molecule has 0 saturated heterocycles. The second-order valence-electron chi connectivity index (χ2n) is 9.11. The van der Waals surface area contributed by atoms with E-state index >= 15 is 0 Å². The van der Waals surface area contributed by atoms with Crippen molar-refractivity contribution in [2.24, 2.45) is 5.41 Å². The Hall–Kier alpha value is -2.76. The molecule has 2 aromatic rings. The Morgan fingerprint density at radius 3 is 2.44 bits per heavy atom. The third kappa shape index (κ3) is 4.12. The number of hydrogen-bond donors (Lipinski definition) is 2. The summed E-state index contributed by atoms with van der Waals surface area (Å²) in [6.07, 6.45) is 2.24. The Kier molecular flexibility index (Phi) is 6.30. The van der Waals surface area contributed by atoms with Crippen LogP contribution >= 0.6 is 0 Å². The first-order valence-electron chi connectivity index (χ1n) is 11.2. The van der Waals surface area contributed by atoms with Gasteiger partial charge in [-0.25, -0.2) is 9.78 Å². The van der Waals surface area contributed by atoms with Gasteiger partial charge in [0, 0.05) is 12.0 Å². The maximum absolute atomic E-state index is 13.1. The van der Waals surface area contributed by atoms with Crippen LogP contribution in [0.5, 0.6) is 5.75 Å². The Labute approximate surface area is 198 Å². The highest BCUT2D eigenvalue weighted by Crippen LogP contribution is 2.49. The van der Waals surface area contributed by atoms with Crippen molar-refractivity contribution in [2.75, 3.05) is 20.3 Å². The van der Waals surface area contributed by atoms with Gasteiger partial charge in [0.25, 0.3) is 15.7 Å². The fourth-order valence-electron chi connectivity index (χ4n) is 4.85. The fourth-order valence-corrected chi connectivity index (χ4v) is 5.86. The van der Waals surface area contributed by atoms with Gasteiger partial charge in [-0.15, -0.1) is 0 Å². The van der Waals surface area contributed by atoms with Crippen LogP contribution in [0.15, 0.2) is 34.0 Å². The molecular weight excluding hydrogens is 462 g/mol. The second-order valence-corrected chi connectivity index (χ2v) is 10.7. The molecule has 0 amide bonds. The molecule has 1 fully saturated rings. The third-order valence-corrected chi connectivity index (χ3v) is 8.29. The maximum atomic E-state index is 13.1. The molecule has 5 rings (SSSR count). The quantitative estimate of drug-likeness (QED) is 0.439. The molecule has 0 spiro atoms. The van der Waals surface area contributed by atoms with Gasteiger partial charge in [-0.05, 0) is 58.7 Å². The number of fused-ring (bicyclic) bond motifs is 2. The molecule has 0 radical (unpaired) electrons. The average molecular weight is 492 g/mol. The number of hydrogen-bond acceptors (Lipinski definition) is 9. The van der Waals surface area contributed by atoms with E-state index in [1.807, 2.05) is 6.92 Å². The zero-order valence-electron chi connectivity index (χ0n) is 19.5. The second kappa shape index (κ2) is 8.79. The SMILES string of the molecule is CCOC(=O)c1nc2n(c(=O)c1O)CC1(COS(=O)(=O)c3ccc(C)cc3)CCC2(NC)CC1. The summed E-state index contributed by atoms with van der Waals surface area (Å²) in [5.41, 5.74) is -1.61. The molecule has 11 heteroatoms. The van der Waals surface area contributed by atoms with Gasteiger partial charge in [0.05, 0.1) is 23.6 Å². The number of esters is 1. The van der Waals surface area contributed by atoms with Crippen LogP contribution < -0.4 is 10.9 Å². The van der Waals surface area contributed by atoms with Crippen molar-refractivity contribution in [2.45, 2.75) is 56.5 Å². The molecule has 184 valence electrons. The zero-order valence-corrected chi connectivity index (χ0v) is 20.3. The van der Waals surface area contributed by atoms with Gasteiger partial charge in [0.2, 0.25) is 5.75 Å². The number of nitrogens with one attached hydrogen (secondary N) is 1. The molecule has 0 unspecified atom stereocenters. The van der Waals surface area contributed by atoms with Crippen LogP contribution in [0.25, 0.3) is 0 Å². The molecule has 2 N–H and O–H groups in total. The van der Waals surface area contributed by atoms with Crippen LogP contribution in [0, 0.1) is 12.3 Å². The van der Waals surface area contributed by atoms with Crippen molar-refractivity contribution >= 4 is 16.1 Å². The predicted molar refractivity (Wildman–Crippen MR) is 122 cm³/mol. The Morgan fingerprint density at radius 2 is 1.85 bits per heavy atom. The lowest BCUT2D eigenvalue weighted by molar-refractivity contribution is 0.0513. The average Bonchev–Trinajstić information content (AvgIpc) is 3.05. The van der Waals surface area contributed by atoms with E-state index in [9.17, 15) is 23.1 Å². The Morgan fingerprint density at radius 1 is 1.21 bits per heavy atom. The lowest BCUT2D eigenvalue weighted by Crippen LogP contribution is -2.46. The minimum Gasteiger partial charge on any atom is -0.501 e. The van der Waals surface area contributed by atoms with Crippen LogP contribution in [0.4, 0.5) is 0 Å². The van der Waals surface area contributed by atoms with Gasteiger partial charge in [-0.2, -0.15) is 8.42 Å². The van der Waals surface area contributed by atoms with E-state index in [-0.39, 0.29) is 24.7 Å². The van der Waals surface area contributed by atoms with Gasteiger partial charge in [-0.3, -0.25) is 13.5 Å². The summed E-state index contributed by atoms with van der Waals surface area (Å²) in [7, 11) is -2.24. The Balaban J connectivity index is 1.71. The molecule has 34 heavy (non-hydrogen) atoms. The van der Waals surface area contributed by atoms with Gasteiger partial charge in [0.15, 0.2) is 5.69 Å². The first kappa shape index (κ1) is 24.4. The number of aryl methyl sites for hydroxylation is 1. The molecular formula is C23H29N3O7S. The van der Waals surface area contributed by atoms with E-state index in [2.05, 4.69) is 10.3 Å². The number of aromatic nitrogens is 2. The molecule has 3 heterocycles. The summed E-state index contributed by atoms with van der Waals surface area (Å²) < 4.78 is 37.4. The molecule has 2 bridgehead atoms. The topological polar surface area (TPSA) is 137 Å². The standard InChI is InChI=1S/C23H29N3O7S/c1-4-32-20(29)17-18(27)19(28)26-13-22(9-11-23(24-3,12-10-22)21(26)25-17)14-33-34(30,31)16-7-5-15(2)6-8-16/h5-8,24,27H,4,9-14H2,1-3H3.